The molecule has 0 amide bonds. The number of hydrogen-bond donors (Lipinski definition) is 1. The first-order chi connectivity index (χ1) is 8.54. The Morgan fingerprint density at radius 2 is 1.94 bits per heavy atom. The predicted molar refractivity (Wildman–Crippen MR) is 81.0 cm³/mol. The van der Waals surface area contributed by atoms with E-state index in [1.54, 1.807) is 0 Å². The van der Waals surface area contributed by atoms with Gasteiger partial charge in [-0.1, -0.05) is 33.6 Å². The quantitative estimate of drug-likeness (QED) is 0.748. The summed E-state index contributed by atoms with van der Waals surface area (Å²) in [5.74, 6) is 1.81. The van der Waals surface area contributed by atoms with E-state index in [2.05, 4.69) is 45.0 Å². The van der Waals surface area contributed by atoms with Crippen LogP contribution in [0, 0.1) is 11.8 Å². The molecule has 1 saturated carbocycles. The van der Waals surface area contributed by atoms with Crippen LogP contribution in [-0.2, 0) is 0 Å². The van der Waals surface area contributed by atoms with Crippen LogP contribution in [0.3, 0.4) is 0 Å². The summed E-state index contributed by atoms with van der Waals surface area (Å²) in [6.45, 7) is 11.7. The minimum atomic E-state index is 0.710. The monoisotopic (exact) mass is 254 g/mol. The molecular weight excluding hydrogens is 220 g/mol. The van der Waals surface area contributed by atoms with Gasteiger partial charge in [0.2, 0.25) is 0 Å². The average Bonchev–Trinajstić information content (AvgIpc) is 2.38. The van der Waals surface area contributed by atoms with E-state index < -0.39 is 0 Å². The minimum absolute atomic E-state index is 0.710. The molecule has 0 heterocycles. The first kappa shape index (κ1) is 16.0. The van der Waals surface area contributed by atoms with E-state index in [1.165, 1.54) is 38.6 Å². The summed E-state index contributed by atoms with van der Waals surface area (Å²) in [6, 6.07) is 1.48. The molecule has 1 aliphatic carbocycles. The standard InChI is InChI=1S/C16H34N2/c1-6-14(4)18(5)11-10-17-16-9-7-8-15(12-16)13(2)3/h13-17H,6-12H2,1-5H3. The molecule has 1 rings (SSSR count). The fourth-order valence-electron chi connectivity index (χ4n) is 3.00. The summed E-state index contributed by atoms with van der Waals surface area (Å²) >= 11 is 0. The summed E-state index contributed by atoms with van der Waals surface area (Å²) < 4.78 is 0. The minimum Gasteiger partial charge on any atom is -0.313 e. The SMILES string of the molecule is CCC(C)N(C)CCNC1CCCC(C(C)C)C1. The van der Waals surface area contributed by atoms with Crippen molar-refractivity contribution in [2.24, 2.45) is 11.8 Å². The van der Waals surface area contributed by atoms with Crippen molar-refractivity contribution in [1.82, 2.24) is 10.2 Å². The molecule has 2 nitrogen and oxygen atoms in total. The first-order valence-corrected chi connectivity index (χ1v) is 7.98. The molecule has 18 heavy (non-hydrogen) atoms. The molecular formula is C16H34N2. The van der Waals surface area contributed by atoms with Crippen LogP contribution < -0.4 is 5.32 Å². The Balaban J connectivity index is 2.19. The second-order valence-corrected chi connectivity index (χ2v) is 6.56. The van der Waals surface area contributed by atoms with Crippen molar-refractivity contribution in [1.29, 1.82) is 0 Å². The highest BCUT2D eigenvalue weighted by Crippen LogP contribution is 2.29. The highest BCUT2D eigenvalue weighted by atomic mass is 15.1. The Kier molecular flexibility index (Phi) is 7.25. The fourth-order valence-corrected chi connectivity index (χ4v) is 3.00. The molecule has 0 radical (unpaired) electrons. The third-order valence-electron chi connectivity index (χ3n) is 4.90. The van der Waals surface area contributed by atoms with E-state index in [4.69, 9.17) is 0 Å². The van der Waals surface area contributed by atoms with Gasteiger partial charge in [0.15, 0.2) is 0 Å². The van der Waals surface area contributed by atoms with E-state index in [1.807, 2.05) is 0 Å². The van der Waals surface area contributed by atoms with Crippen molar-refractivity contribution < 1.29 is 0 Å². The van der Waals surface area contributed by atoms with Gasteiger partial charge in [0.1, 0.15) is 0 Å². The van der Waals surface area contributed by atoms with Gasteiger partial charge in [0.25, 0.3) is 0 Å². The number of hydrogen-bond acceptors (Lipinski definition) is 2. The molecule has 0 aromatic heterocycles. The van der Waals surface area contributed by atoms with Crippen molar-refractivity contribution in [2.45, 2.75) is 71.9 Å². The zero-order valence-electron chi connectivity index (χ0n) is 13.2. The van der Waals surface area contributed by atoms with Gasteiger partial charge >= 0.3 is 0 Å². The summed E-state index contributed by atoms with van der Waals surface area (Å²) in [5.41, 5.74) is 0. The van der Waals surface area contributed by atoms with Crippen molar-refractivity contribution in [3.63, 3.8) is 0 Å². The molecule has 0 aromatic carbocycles. The third kappa shape index (κ3) is 5.27. The largest absolute Gasteiger partial charge is 0.313 e. The van der Waals surface area contributed by atoms with Gasteiger partial charge in [-0.3, -0.25) is 0 Å². The second-order valence-electron chi connectivity index (χ2n) is 6.56. The Morgan fingerprint density at radius 1 is 1.22 bits per heavy atom. The molecule has 2 heteroatoms. The van der Waals surface area contributed by atoms with Gasteiger partial charge < -0.3 is 10.2 Å². The number of nitrogens with zero attached hydrogens (tertiary/aromatic N) is 1. The zero-order chi connectivity index (χ0) is 13.5. The Morgan fingerprint density at radius 3 is 2.56 bits per heavy atom. The molecule has 0 aliphatic heterocycles. The van der Waals surface area contributed by atoms with Crippen LogP contribution in [0.5, 0.6) is 0 Å². The first-order valence-electron chi connectivity index (χ1n) is 7.98. The fraction of sp³-hybridized carbons (Fsp3) is 1.00. The summed E-state index contributed by atoms with van der Waals surface area (Å²) in [5, 5.41) is 3.77. The van der Waals surface area contributed by atoms with Crippen LogP contribution in [0.2, 0.25) is 0 Å². The van der Waals surface area contributed by atoms with Crippen LogP contribution in [0.25, 0.3) is 0 Å². The Labute approximate surface area is 115 Å². The van der Waals surface area contributed by atoms with Crippen LogP contribution in [0.1, 0.15) is 59.8 Å². The summed E-state index contributed by atoms with van der Waals surface area (Å²) in [4.78, 5) is 2.47. The molecule has 0 saturated heterocycles. The number of rotatable bonds is 7. The second kappa shape index (κ2) is 8.16. The molecule has 0 aromatic rings. The third-order valence-corrected chi connectivity index (χ3v) is 4.90. The molecule has 3 unspecified atom stereocenters. The molecule has 1 aliphatic rings. The predicted octanol–water partition coefficient (Wildman–Crippen LogP) is 3.52. The molecule has 0 bridgehead atoms. The van der Waals surface area contributed by atoms with Gasteiger partial charge in [-0.2, -0.15) is 0 Å². The molecule has 0 spiro atoms. The molecule has 108 valence electrons. The van der Waals surface area contributed by atoms with Crippen LogP contribution in [0.15, 0.2) is 0 Å². The summed E-state index contributed by atoms with van der Waals surface area (Å²) in [6.07, 6.45) is 6.89. The van der Waals surface area contributed by atoms with Gasteiger partial charge in [-0.05, 0) is 45.1 Å². The maximum Gasteiger partial charge on any atom is 0.0107 e. The van der Waals surface area contributed by atoms with Crippen LogP contribution in [-0.4, -0.2) is 37.1 Å². The van der Waals surface area contributed by atoms with Crippen LogP contribution in [0.4, 0.5) is 0 Å². The number of likely N-dealkylation sites (N-methyl/N-ethyl adjacent to an activating group) is 1. The van der Waals surface area contributed by atoms with E-state index in [-0.39, 0.29) is 0 Å². The van der Waals surface area contributed by atoms with Gasteiger partial charge in [0, 0.05) is 25.2 Å². The summed E-state index contributed by atoms with van der Waals surface area (Å²) in [7, 11) is 2.24. The lowest BCUT2D eigenvalue weighted by molar-refractivity contribution is 0.213. The van der Waals surface area contributed by atoms with E-state index >= 15 is 0 Å². The van der Waals surface area contributed by atoms with Crippen molar-refractivity contribution in [3.8, 4) is 0 Å². The smallest absolute Gasteiger partial charge is 0.0107 e. The Hall–Kier alpha value is -0.0800. The molecule has 1 N–H and O–H groups in total. The lowest BCUT2D eigenvalue weighted by Crippen LogP contribution is -2.41. The highest BCUT2D eigenvalue weighted by Gasteiger charge is 2.23. The topological polar surface area (TPSA) is 15.3 Å². The highest BCUT2D eigenvalue weighted by molar-refractivity contribution is 4.79. The lowest BCUT2D eigenvalue weighted by atomic mass is 9.79. The zero-order valence-corrected chi connectivity index (χ0v) is 13.2. The Bertz CT molecular complexity index is 215. The van der Waals surface area contributed by atoms with E-state index in [0.717, 1.165) is 24.4 Å². The molecule has 3 atom stereocenters. The van der Waals surface area contributed by atoms with Crippen molar-refractivity contribution >= 4 is 0 Å². The van der Waals surface area contributed by atoms with Crippen molar-refractivity contribution in [3.05, 3.63) is 0 Å². The van der Waals surface area contributed by atoms with Gasteiger partial charge in [0.05, 0.1) is 0 Å². The average molecular weight is 254 g/mol. The van der Waals surface area contributed by atoms with Crippen molar-refractivity contribution in [2.75, 3.05) is 20.1 Å². The van der Waals surface area contributed by atoms with Crippen LogP contribution >= 0.6 is 0 Å². The maximum atomic E-state index is 3.77. The maximum absolute atomic E-state index is 3.77. The molecule has 1 fully saturated rings. The normalized spacial score (nSPS) is 26.8. The number of nitrogens with one attached hydrogen (secondary N) is 1. The lowest BCUT2D eigenvalue weighted by Gasteiger charge is -2.33. The van der Waals surface area contributed by atoms with Gasteiger partial charge in [-0.25, -0.2) is 0 Å². The van der Waals surface area contributed by atoms with E-state index in [0.29, 0.717) is 6.04 Å². The van der Waals surface area contributed by atoms with E-state index in [9.17, 15) is 0 Å². The van der Waals surface area contributed by atoms with Gasteiger partial charge in [-0.15, -0.1) is 0 Å².